The average molecular weight is 438 g/mol. The second-order valence-corrected chi connectivity index (χ2v) is 7.46. The highest BCUT2D eigenvalue weighted by Crippen LogP contribution is 2.32. The smallest absolute Gasteiger partial charge is 0.264 e. The number of amides is 1. The average Bonchev–Trinajstić information content (AvgIpc) is 2.89. The lowest BCUT2D eigenvalue weighted by Crippen LogP contribution is -2.19. The van der Waals surface area contributed by atoms with Crippen LogP contribution < -0.4 is 10.1 Å². The van der Waals surface area contributed by atoms with Gasteiger partial charge in [-0.25, -0.2) is 4.99 Å². The van der Waals surface area contributed by atoms with Crippen molar-refractivity contribution in [3.05, 3.63) is 62.4 Å². The summed E-state index contributed by atoms with van der Waals surface area (Å²) in [6.07, 6.45) is 1.80. The molecule has 1 saturated heterocycles. The number of nitrogens with zero attached hydrogens (tertiary/aromatic N) is 1. The first-order valence-electron chi connectivity index (χ1n) is 7.52. The van der Waals surface area contributed by atoms with Gasteiger partial charge in [0.15, 0.2) is 5.17 Å². The minimum Gasteiger partial charge on any atom is -0.493 e. The molecule has 0 aliphatic carbocycles. The van der Waals surface area contributed by atoms with Gasteiger partial charge in [-0.3, -0.25) is 4.79 Å². The Morgan fingerprint density at radius 1 is 1.32 bits per heavy atom. The highest BCUT2D eigenvalue weighted by molar-refractivity contribution is 9.10. The number of aliphatic imine (C=N–C) groups is 1. The normalized spacial score (nSPS) is 17.2. The Hall–Kier alpha value is -1.76. The molecule has 4 nitrogen and oxygen atoms in total. The van der Waals surface area contributed by atoms with Gasteiger partial charge < -0.3 is 10.1 Å². The molecule has 128 valence electrons. The van der Waals surface area contributed by atoms with Crippen molar-refractivity contribution in [3.63, 3.8) is 0 Å². The fourth-order valence-corrected chi connectivity index (χ4v) is 3.60. The van der Waals surface area contributed by atoms with E-state index in [2.05, 4.69) is 26.2 Å². The molecule has 2 aromatic carbocycles. The molecular weight excluding hydrogens is 424 g/mol. The number of rotatable bonds is 4. The van der Waals surface area contributed by atoms with Crippen molar-refractivity contribution in [1.82, 2.24) is 5.32 Å². The zero-order chi connectivity index (χ0) is 17.8. The van der Waals surface area contributed by atoms with E-state index >= 15 is 0 Å². The van der Waals surface area contributed by atoms with Gasteiger partial charge in [-0.2, -0.15) is 0 Å². The van der Waals surface area contributed by atoms with Crippen LogP contribution in [-0.2, 0) is 4.79 Å². The third kappa shape index (κ3) is 4.66. The third-order valence-electron chi connectivity index (χ3n) is 3.25. The SMILES string of the molecule is CCOc1ccc(Br)cc1/C=C1\SC(=Nc2cccc(Cl)c2)NC1=O. The lowest BCUT2D eigenvalue weighted by molar-refractivity contribution is -0.115. The van der Waals surface area contributed by atoms with Crippen molar-refractivity contribution in [2.24, 2.45) is 4.99 Å². The minimum absolute atomic E-state index is 0.187. The molecule has 1 heterocycles. The molecule has 3 rings (SSSR count). The van der Waals surface area contributed by atoms with Crippen LogP contribution in [0.3, 0.4) is 0 Å². The Kier molecular flexibility index (Phi) is 5.83. The fourth-order valence-electron chi connectivity index (χ4n) is 2.20. The van der Waals surface area contributed by atoms with Crippen LogP contribution in [0.25, 0.3) is 6.08 Å². The Labute approximate surface area is 163 Å². The van der Waals surface area contributed by atoms with Gasteiger partial charge in [0.1, 0.15) is 5.75 Å². The summed E-state index contributed by atoms with van der Waals surface area (Å²) in [5, 5.41) is 3.89. The van der Waals surface area contributed by atoms with E-state index in [1.807, 2.05) is 37.3 Å². The van der Waals surface area contributed by atoms with Gasteiger partial charge in [0.05, 0.1) is 17.2 Å². The molecule has 1 aliphatic rings. The lowest BCUT2D eigenvalue weighted by atomic mass is 10.2. The number of hydrogen-bond acceptors (Lipinski definition) is 4. The number of ether oxygens (including phenoxy) is 1. The van der Waals surface area contributed by atoms with Gasteiger partial charge >= 0.3 is 0 Å². The maximum atomic E-state index is 12.2. The second-order valence-electron chi connectivity index (χ2n) is 5.08. The second kappa shape index (κ2) is 8.08. The summed E-state index contributed by atoms with van der Waals surface area (Å²) < 4.78 is 6.54. The van der Waals surface area contributed by atoms with Crippen LogP contribution >= 0.6 is 39.3 Å². The van der Waals surface area contributed by atoms with Crippen LogP contribution in [0.5, 0.6) is 5.75 Å². The number of benzene rings is 2. The first-order valence-corrected chi connectivity index (χ1v) is 9.51. The molecule has 0 aromatic heterocycles. The number of thioether (sulfide) groups is 1. The number of hydrogen-bond donors (Lipinski definition) is 1. The van der Waals surface area contributed by atoms with E-state index in [0.717, 1.165) is 15.8 Å². The molecule has 1 aliphatic heterocycles. The van der Waals surface area contributed by atoms with Crippen molar-refractivity contribution in [2.75, 3.05) is 6.61 Å². The van der Waals surface area contributed by atoms with Gasteiger partial charge in [-0.15, -0.1) is 0 Å². The topological polar surface area (TPSA) is 50.7 Å². The molecule has 1 N–H and O–H groups in total. The van der Waals surface area contributed by atoms with Crippen LogP contribution in [0, 0.1) is 0 Å². The Balaban J connectivity index is 1.88. The molecule has 2 aromatic rings. The predicted octanol–water partition coefficient (Wildman–Crippen LogP) is 5.39. The standard InChI is InChI=1S/C18H14BrClN2O2S/c1-2-24-15-7-6-12(19)8-11(15)9-16-17(23)22-18(25-16)21-14-5-3-4-13(20)10-14/h3-10H,2H2,1H3,(H,21,22,23)/b16-9-. The van der Waals surface area contributed by atoms with Crippen LogP contribution in [0.2, 0.25) is 5.02 Å². The molecule has 0 atom stereocenters. The Morgan fingerprint density at radius 3 is 2.92 bits per heavy atom. The molecule has 1 amide bonds. The zero-order valence-corrected chi connectivity index (χ0v) is 16.4. The monoisotopic (exact) mass is 436 g/mol. The molecule has 0 unspecified atom stereocenters. The van der Waals surface area contributed by atoms with Crippen molar-refractivity contribution in [2.45, 2.75) is 6.92 Å². The minimum atomic E-state index is -0.187. The largest absolute Gasteiger partial charge is 0.493 e. The Morgan fingerprint density at radius 2 is 2.16 bits per heavy atom. The van der Waals surface area contributed by atoms with E-state index in [4.69, 9.17) is 16.3 Å². The quantitative estimate of drug-likeness (QED) is 0.652. The molecule has 0 spiro atoms. The van der Waals surface area contributed by atoms with E-state index in [1.54, 1.807) is 18.2 Å². The maximum Gasteiger partial charge on any atom is 0.264 e. The first kappa shape index (κ1) is 18.0. The van der Waals surface area contributed by atoms with Crippen LogP contribution in [0.4, 0.5) is 5.69 Å². The molecule has 0 radical (unpaired) electrons. The summed E-state index contributed by atoms with van der Waals surface area (Å²) in [5.41, 5.74) is 1.52. The molecule has 1 fully saturated rings. The molecule has 7 heteroatoms. The van der Waals surface area contributed by atoms with Gasteiger partial charge in [-0.1, -0.05) is 33.6 Å². The van der Waals surface area contributed by atoms with Gasteiger partial charge in [0.2, 0.25) is 0 Å². The van der Waals surface area contributed by atoms with Gasteiger partial charge in [0.25, 0.3) is 5.91 Å². The molecular formula is C18H14BrClN2O2S. The van der Waals surface area contributed by atoms with Crippen molar-refractivity contribution >= 4 is 62.1 Å². The summed E-state index contributed by atoms with van der Waals surface area (Å²) >= 11 is 10.7. The third-order valence-corrected chi connectivity index (χ3v) is 4.89. The number of halogens is 2. The van der Waals surface area contributed by atoms with Crippen molar-refractivity contribution < 1.29 is 9.53 Å². The first-order chi connectivity index (χ1) is 12.0. The number of nitrogens with one attached hydrogen (secondary N) is 1. The van der Waals surface area contributed by atoms with E-state index < -0.39 is 0 Å². The highest BCUT2D eigenvalue weighted by Gasteiger charge is 2.24. The summed E-state index contributed by atoms with van der Waals surface area (Å²) in [6.45, 7) is 2.48. The molecule has 25 heavy (non-hydrogen) atoms. The molecule has 0 bridgehead atoms. The summed E-state index contributed by atoms with van der Waals surface area (Å²) in [6, 6.07) is 12.9. The number of amidine groups is 1. The van der Waals surface area contributed by atoms with Crippen LogP contribution in [0.15, 0.2) is 56.8 Å². The maximum absolute atomic E-state index is 12.2. The van der Waals surface area contributed by atoms with Crippen molar-refractivity contribution in [3.8, 4) is 5.75 Å². The van der Waals surface area contributed by atoms with Gasteiger partial charge in [0, 0.05) is 15.1 Å². The number of carbonyl (C=O) groups is 1. The fraction of sp³-hybridized carbons (Fsp3) is 0.111. The predicted molar refractivity (Wildman–Crippen MR) is 108 cm³/mol. The highest BCUT2D eigenvalue weighted by atomic mass is 79.9. The molecule has 0 saturated carbocycles. The van der Waals surface area contributed by atoms with E-state index in [9.17, 15) is 4.79 Å². The van der Waals surface area contributed by atoms with Crippen molar-refractivity contribution in [1.29, 1.82) is 0 Å². The van der Waals surface area contributed by atoms with Crippen LogP contribution in [-0.4, -0.2) is 17.7 Å². The summed E-state index contributed by atoms with van der Waals surface area (Å²) in [5.74, 6) is 0.542. The van der Waals surface area contributed by atoms with E-state index in [0.29, 0.717) is 27.4 Å². The van der Waals surface area contributed by atoms with Crippen LogP contribution in [0.1, 0.15) is 12.5 Å². The number of carbonyl (C=O) groups excluding carboxylic acids is 1. The lowest BCUT2D eigenvalue weighted by Gasteiger charge is -2.07. The van der Waals surface area contributed by atoms with E-state index in [1.165, 1.54) is 11.8 Å². The zero-order valence-electron chi connectivity index (χ0n) is 13.3. The summed E-state index contributed by atoms with van der Waals surface area (Å²) in [7, 11) is 0. The summed E-state index contributed by atoms with van der Waals surface area (Å²) in [4.78, 5) is 17.2. The Bertz CT molecular complexity index is 883. The van der Waals surface area contributed by atoms with Gasteiger partial charge in [-0.05, 0) is 61.2 Å². The van der Waals surface area contributed by atoms with E-state index in [-0.39, 0.29) is 5.91 Å².